The van der Waals surface area contributed by atoms with Crippen molar-refractivity contribution < 1.29 is 33.0 Å². The standard InChI is InChI=1S/C34H33FN4O6S/c1-19-32(46-20(2)37-19)34(42)39-12-11-29-28(17-39)38-33(41)26-14-22(8-10-27(26)35)21-5-4-6-24(13-21)44-18-31(40)36-16-23-7-9-25(45-29)15-30(23)43-3/h4-10,13-15,28-29H,11-12,16-18H2,1-3H3,(H,36,40)(H,38,41)/t28-,29+/m1/s1. The number of thiazole rings is 1. The normalized spacial score (nSPS) is 18.4. The van der Waals surface area contributed by atoms with Crippen LogP contribution in [0.2, 0.25) is 0 Å². The summed E-state index contributed by atoms with van der Waals surface area (Å²) in [6, 6.07) is 15.9. The Hall–Kier alpha value is -4.97. The molecule has 0 aliphatic carbocycles. The number of aromatic nitrogens is 1. The summed E-state index contributed by atoms with van der Waals surface area (Å²) in [4.78, 5) is 46.5. The first-order valence-electron chi connectivity index (χ1n) is 14.9. The molecule has 1 aromatic heterocycles. The third-order valence-corrected chi connectivity index (χ3v) is 9.08. The van der Waals surface area contributed by atoms with E-state index in [1.807, 2.05) is 6.92 Å². The van der Waals surface area contributed by atoms with Crippen LogP contribution in [0.4, 0.5) is 4.39 Å². The molecule has 238 valence electrons. The maximum Gasteiger partial charge on any atom is 0.265 e. The summed E-state index contributed by atoms with van der Waals surface area (Å²) in [6.45, 7) is 4.18. The highest BCUT2D eigenvalue weighted by molar-refractivity contribution is 7.13. The molecular weight excluding hydrogens is 611 g/mol. The van der Waals surface area contributed by atoms with Gasteiger partial charge >= 0.3 is 0 Å². The van der Waals surface area contributed by atoms with Gasteiger partial charge in [0.05, 0.1) is 29.4 Å². The second-order valence-corrected chi connectivity index (χ2v) is 12.4. The summed E-state index contributed by atoms with van der Waals surface area (Å²) in [5.74, 6) is -0.398. The fourth-order valence-corrected chi connectivity index (χ4v) is 6.56. The van der Waals surface area contributed by atoms with Gasteiger partial charge in [-0.3, -0.25) is 14.4 Å². The first-order chi connectivity index (χ1) is 22.2. The van der Waals surface area contributed by atoms with E-state index in [4.69, 9.17) is 14.2 Å². The number of halogens is 1. The molecule has 3 amide bonds. The van der Waals surface area contributed by atoms with Crippen LogP contribution >= 0.6 is 11.3 Å². The summed E-state index contributed by atoms with van der Waals surface area (Å²) in [7, 11) is 1.53. The molecule has 6 bridgehead atoms. The van der Waals surface area contributed by atoms with Gasteiger partial charge in [-0.15, -0.1) is 11.3 Å². The molecule has 3 aromatic carbocycles. The molecule has 0 saturated carbocycles. The van der Waals surface area contributed by atoms with Crippen molar-refractivity contribution in [2.45, 2.75) is 39.0 Å². The molecule has 0 spiro atoms. The van der Waals surface area contributed by atoms with Gasteiger partial charge in [-0.2, -0.15) is 0 Å². The predicted molar refractivity (Wildman–Crippen MR) is 170 cm³/mol. The molecule has 1 saturated heterocycles. The van der Waals surface area contributed by atoms with E-state index in [9.17, 15) is 14.4 Å². The van der Waals surface area contributed by atoms with Crippen molar-refractivity contribution in [2.24, 2.45) is 0 Å². The van der Waals surface area contributed by atoms with Crippen LogP contribution in [0, 0.1) is 19.7 Å². The maximum atomic E-state index is 15.2. The number of aryl methyl sites for hydroxylation is 2. The van der Waals surface area contributed by atoms with Crippen molar-refractivity contribution in [3.8, 4) is 28.4 Å². The van der Waals surface area contributed by atoms with Crippen LogP contribution < -0.4 is 24.8 Å². The lowest BCUT2D eigenvalue weighted by molar-refractivity contribution is -0.123. The van der Waals surface area contributed by atoms with Gasteiger partial charge < -0.3 is 29.7 Å². The molecule has 3 aliphatic heterocycles. The molecule has 2 atom stereocenters. The average Bonchev–Trinajstić information content (AvgIpc) is 3.40. The highest BCUT2D eigenvalue weighted by Crippen LogP contribution is 2.30. The van der Waals surface area contributed by atoms with Crippen molar-refractivity contribution in [3.63, 3.8) is 0 Å². The number of ether oxygens (including phenoxy) is 3. The van der Waals surface area contributed by atoms with Gasteiger partial charge in [-0.25, -0.2) is 9.37 Å². The SMILES string of the molecule is COc1cc2ccc1CNC(=O)COc1cccc(c1)-c1ccc(F)c(c1)C(=O)N[C@@H]1CN(C(=O)c3sc(C)nc3C)CC[C@@H]1O2. The summed E-state index contributed by atoms with van der Waals surface area (Å²) in [5, 5.41) is 6.60. The molecule has 2 N–H and O–H groups in total. The number of likely N-dealkylation sites (tertiary alicyclic amines) is 1. The van der Waals surface area contributed by atoms with E-state index in [-0.39, 0.29) is 37.1 Å². The minimum absolute atomic E-state index is 0.146. The van der Waals surface area contributed by atoms with Crippen LogP contribution in [0.25, 0.3) is 11.1 Å². The minimum Gasteiger partial charge on any atom is -0.496 e. The molecule has 0 unspecified atom stereocenters. The summed E-state index contributed by atoms with van der Waals surface area (Å²) < 4.78 is 32.9. The lowest BCUT2D eigenvalue weighted by atomic mass is 9.99. The second kappa shape index (κ2) is 13.2. The Labute approximate surface area is 269 Å². The second-order valence-electron chi connectivity index (χ2n) is 11.2. The number of benzene rings is 3. The lowest BCUT2D eigenvalue weighted by Gasteiger charge is -2.38. The Kier molecular flexibility index (Phi) is 8.89. The molecule has 0 radical (unpaired) electrons. The van der Waals surface area contributed by atoms with Gasteiger partial charge in [0.25, 0.3) is 17.7 Å². The number of rotatable bonds is 2. The zero-order valence-corrected chi connectivity index (χ0v) is 26.4. The van der Waals surface area contributed by atoms with E-state index in [1.165, 1.54) is 30.6 Å². The number of carbonyl (C=O) groups excluding carboxylic acids is 3. The van der Waals surface area contributed by atoms with Crippen LogP contribution in [0.3, 0.4) is 0 Å². The molecule has 4 aromatic rings. The number of methoxy groups -OCH3 is 1. The number of nitrogens with zero attached hydrogens (tertiary/aromatic N) is 2. The third-order valence-electron chi connectivity index (χ3n) is 8.02. The molecule has 4 heterocycles. The van der Waals surface area contributed by atoms with Crippen molar-refractivity contribution in [2.75, 3.05) is 26.8 Å². The molecule has 7 rings (SSSR count). The first kappa shape index (κ1) is 31.0. The van der Waals surface area contributed by atoms with Gasteiger partial charge in [0.2, 0.25) is 0 Å². The van der Waals surface area contributed by atoms with Gasteiger partial charge in [0.15, 0.2) is 6.61 Å². The highest BCUT2D eigenvalue weighted by atomic mass is 32.1. The molecule has 3 aliphatic rings. The summed E-state index contributed by atoms with van der Waals surface area (Å²) in [5.41, 5.74) is 2.50. The number of piperidine rings is 1. The first-order valence-corrected chi connectivity index (χ1v) is 15.7. The van der Waals surface area contributed by atoms with Gasteiger partial charge in [0.1, 0.15) is 34.0 Å². The Morgan fingerprint density at radius 2 is 1.89 bits per heavy atom. The topological polar surface area (TPSA) is 119 Å². The summed E-state index contributed by atoms with van der Waals surface area (Å²) in [6.07, 6.45) is -0.138. The number of nitrogens with one attached hydrogen (secondary N) is 2. The predicted octanol–water partition coefficient (Wildman–Crippen LogP) is 4.68. The van der Waals surface area contributed by atoms with Crippen molar-refractivity contribution in [3.05, 3.63) is 93.2 Å². The highest BCUT2D eigenvalue weighted by Gasteiger charge is 2.36. The van der Waals surface area contributed by atoms with E-state index in [0.29, 0.717) is 51.9 Å². The monoisotopic (exact) mass is 644 g/mol. The van der Waals surface area contributed by atoms with E-state index in [2.05, 4.69) is 15.6 Å². The maximum absolute atomic E-state index is 15.2. The zero-order valence-electron chi connectivity index (χ0n) is 25.6. The Balaban J connectivity index is 1.36. The average molecular weight is 645 g/mol. The van der Waals surface area contributed by atoms with Gasteiger partial charge in [-0.05, 0) is 61.4 Å². The van der Waals surface area contributed by atoms with Crippen molar-refractivity contribution in [1.82, 2.24) is 20.5 Å². The van der Waals surface area contributed by atoms with Crippen LogP contribution in [-0.2, 0) is 11.3 Å². The Morgan fingerprint density at radius 1 is 1.07 bits per heavy atom. The minimum atomic E-state index is -0.690. The zero-order chi connectivity index (χ0) is 32.4. The van der Waals surface area contributed by atoms with E-state index >= 15 is 4.39 Å². The number of amides is 3. The fraction of sp³-hybridized carbons (Fsp3) is 0.294. The largest absolute Gasteiger partial charge is 0.496 e. The Bertz CT molecular complexity index is 1810. The van der Waals surface area contributed by atoms with Gasteiger partial charge in [-0.1, -0.05) is 18.2 Å². The molecule has 46 heavy (non-hydrogen) atoms. The fourth-order valence-electron chi connectivity index (χ4n) is 5.67. The third kappa shape index (κ3) is 6.66. The van der Waals surface area contributed by atoms with Gasteiger partial charge in [0, 0.05) is 37.7 Å². The quantitative estimate of drug-likeness (QED) is 0.326. The van der Waals surface area contributed by atoms with E-state index < -0.39 is 23.9 Å². The van der Waals surface area contributed by atoms with Crippen molar-refractivity contribution >= 4 is 29.1 Å². The number of fused-ring (bicyclic) bond motifs is 7. The van der Waals surface area contributed by atoms with Crippen molar-refractivity contribution in [1.29, 1.82) is 0 Å². The van der Waals surface area contributed by atoms with Crippen LogP contribution in [-0.4, -0.2) is 66.6 Å². The van der Waals surface area contributed by atoms with Crippen LogP contribution in [0.15, 0.2) is 60.7 Å². The molecule has 10 nitrogen and oxygen atoms in total. The smallest absolute Gasteiger partial charge is 0.265 e. The van der Waals surface area contributed by atoms with Crippen LogP contribution in [0.5, 0.6) is 17.2 Å². The van der Waals surface area contributed by atoms with Crippen LogP contribution in [0.1, 0.15) is 42.7 Å². The van der Waals surface area contributed by atoms with E-state index in [0.717, 1.165) is 10.6 Å². The molecule has 12 heteroatoms. The summed E-state index contributed by atoms with van der Waals surface area (Å²) >= 11 is 1.33. The lowest BCUT2D eigenvalue weighted by Crippen LogP contribution is -2.58. The van der Waals surface area contributed by atoms with E-state index in [1.54, 1.807) is 60.4 Å². The Morgan fingerprint density at radius 3 is 2.67 bits per heavy atom. The molecule has 1 fully saturated rings. The molecular formula is C34H33FN4O6S. The number of hydrogen-bond donors (Lipinski definition) is 2. The number of hydrogen-bond acceptors (Lipinski definition) is 8. The number of carbonyl (C=O) groups is 3.